The van der Waals surface area contributed by atoms with Crippen molar-refractivity contribution in [3.8, 4) is 0 Å². The van der Waals surface area contributed by atoms with E-state index in [0.29, 0.717) is 18.4 Å². The zero-order chi connectivity index (χ0) is 18.7. The van der Waals surface area contributed by atoms with Gasteiger partial charge in [-0.3, -0.25) is 9.69 Å². The molecule has 0 spiro atoms. The van der Waals surface area contributed by atoms with E-state index < -0.39 is 6.10 Å². The lowest BCUT2D eigenvalue weighted by Crippen LogP contribution is -2.53. The number of aryl methyl sites for hydroxylation is 1. The second-order valence-electron chi connectivity index (χ2n) is 8.55. The number of methoxy groups -OCH3 is 1. The average molecular weight is 496 g/mol. The van der Waals surface area contributed by atoms with E-state index in [4.69, 9.17) is 4.74 Å². The first-order chi connectivity index (χ1) is 13.1. The molecule has 1 aromatic heterocycles. The molecule has 5 atom stereocenters. The fourth-order valence-electron chi connectivity index (χ4n) is 6.19. The van der Waals surface area contributed by atoms with E-state index in [-0.39, 0.29) is 41.8 Å². The smallest absolute Gasteiger partial charge is 0.311 e. The molecule has 0 radical (unpaired) electrons. The third-order valence-corrected chi connectivity index (χ3v) is 7.42. The number of aromatic nitrogens is 1. The van der Waals surface area contributed by atoms with Crippen molar-refractivity contribution in [2.24, 2.45) is 24.8 Å². The van der Waals surface area contributed by atoms with Gasteiger partial charge in [-0.2, -0.15) is 0 Å². The highest BCUT2D eigenvalue weighted by molar-refractivity contribution is 14.0. The monoisotopic (exact) mass is 496 g/mol. The number of piperidine rings is 1. The standard InChI is InChI=1S/C22H28N2O3.HI/c1-23-17-6-4-3-5-14(17)15-9-10-24-12-13-7-8-19(25)20(22(26)27-2)16(13)11-18(24)21(15)23;/h3-6,13,16,18-20,25H,7-12H2,1-2H3;1H. The summed E-state index contributed by atoms with van der Waals surface area (Å²) >= 11 is 0. The van der Waals surface area contributed by atoms with Crippen LogP contribution in [0.2, 0.25) is 0 Å². The van der Waals surface area contributed by atoms with E-state index in [1.165, 1.54) is 29.3 Å². The molecule has 2 aromatic rings. The molecule has 1 saturated heterocycles. The second-order valence-corrected chi connectivity index (χ2v) is 8.55. The summed E-state index contributed by atoms with van der Waals surface area (Å²) in [4.78, 5) is 15.1. The number of fused-ring (bicyclic) bond motifs is 6. The number of hydrogen-bond acceptors (Lipinski definition) is 4. The zero-order valence-electron chi connectivity index (χ0n) is 16.5. The molecule has 3 heterocycles. The molecule has 5 rings (SSSR count). The number of aliphatic hydroxyl groups excluding tert-OH is 1. The predicted molar refractivity (Wildman–Crippen MR) is 119 cm³/mol. The Morgan fingerprint density at radius 1 is 1.25 bits per heavy atom. The molecular weight excluding hydrogens is 467 g/mol. The fraction of sp³-hybridized carbons (Fsp3) is 0.591. The van der Waals surface area contributed by atoms with Gasteiger partial charge in [-0.05, 0) is 49.1 Å². The quantitative estimate of drug-likeness (QED) is 0.487. The lowest BCUT2D eigenvalue weighted by molar-refractivity contribution is -0.160. The predicted octanol–water partition coefficient (Wildman–Crippen LogP) is 3.28. The van der Waals surface area contributed by atoms with Crippen molar-refractivity contribution in [2.45, 2.75) is 37.8 Å². The van der Waals surface area contributed by atoms with Crippen molar-refractivity contribution in [3.05, 3.63) is 35.5 Å². The highest BCUT2D eigenvalue weighted by Gasteiger charge is 2.49. The topological polar surface area (TPSA) is 54.7 Å². The summed E-state index contributed by atoms with van der Waals surface area (Å²) < 4.78 is 7.42. The van der Waals surface area contributed by atoms with Crippen LogP contribution in [0.3, 0.4) is 0 Å². The highest BCUT2D eigenvalue weighted by atomic mass is 127. The van der Waals surface area contributed by atoms with Gasteiger partial charge in [-0.25, -0.2) is 0 Å². The van der Waals surface area contributed by atoms with Crippen LogP contribution in [0.25, 0.3) is 10.9 Å². The van der Waals surface area contributed by atoms with Crippen LogP contribution in [-0.2, 0) is 23.0 Å². The van der Waals surface area contributed by atoms with Gasteiger partial charge in [0.2, 0.25) is 0 Å². The maximum Gasteiger partial charge on any atom is 0.311 e. The number of nitrogens with zero attached hydrogens (tertiary/aromatic N) is 2. The Bertz CT molecular complexity index is 895. The van der Waals surface area contributed by atoms with Crippen LogP contribution in [0.4, 0.5) is 0 Å². The normalized spacial score (nSPS) is 32.0. The fourth-order valence-corrected chi connectivity index (χ4v) is 6.19. The Morgan fingerprint density at radius 3 is 2.82 bits per heavy atom. The minimum atomic E-state index is -0.569. The largest absolute Gasteiger partial charge is 0.469 e. The maximum absolute atomic E-state index is 12.4. The molecule has 1 saturated carbocycles. The van der Waals surface area contributed by atoms with Crippen molar-refractivity contribution >= 4 is 40.8 Å². The molecule has 5 nitrogen and oxygen atoms in total. The van der Waals surface area contributed by atoms with Gasteiger partial charge < -0.3 is 14.4 Å². The summed E-state index contributed by atoms with van der Waals surface area (Å²) in [7, 11) is 3.61. The third-order valence-electron chi connectivity index (χ3n) is 7.42. The number of carbonyl (C=O) groups excluding carboxylic acids is 1. The first-order valence-corrected chi connectivity index (χ1v) is 10.2. The number of ether oxygens (including phenoxy) is 1. The summed E-state index contributed by atoms with van der Waals surface area (Å²) in [6.45, 7) is 2.11. The summed E-state index contributed by atoms with van der Waals surface area (Å²) in [6.07, 6.45) is 3.16. The Morgan fingerprint density at radius 2 is 2.04 bits per heavy atom. The van der Waals surface area contributed by atoms with E-state index in [0.717, 1.165) is 32.4 Å². The van der Waals surface area contributed by atoms with Crippen LogP contribution in [0.15, 0.2) is 24.3 Å². The van der Waals surface area contributed by atoms with Crippen LogP contribution < -0.4 is 0 Å². The van der Waals surface area contributed by atoms with Crippen molar-refractivity contribution < 1.29 is 14.6 Å². The van der Waals surface area contributed by atoms with Crippen LogP contribution in [-0.4, -0.2) is 46.8 Å². The lowest BCUT2D eigenvalue weighted by Gasteiger charge is -2.51. The molecule has 152 valence electrons. The molecule has 3 aliphatic rings. The molecule has 0 amide bonds. The zero-order valence-corrected chi connectivity index (χ0v) is 18.8. The SMILES string of the molecule is COC(=O)C1C(O)CCC2CN3CCc4c(n(C)c5ccccc45)C3CC21.I. The van der Waals surface area contributed by atoms with Crippen molar-refractivity contribution in [1.29, 1.82) is 0 Å². The molecule has 28 heavy (non-hydrogen) atoms. The van der Waals surface area contributed by atoms with Crippen molar-refractivity contribution in [3.63, 3.8) is 0 Å². The van der Waals surface area contributed by atoms with E-state index in [1.807, 2.05) is 0 Å². The Hall–Kier alpha value is -1.12. The lowest BCUT2D eigenvalue weighted by atomic mass is 9.65. The summed E-state index contributed by atoms with van der Waals surface area (Å²) in [5.41, 5.74) is 4.17. The van der Waals surface area contributed by atoms with Gasteiger partial charge in [0.05, 0.1) is 25.2 Å². The van der Waals surface area contributed by atoms with Gasteiger partial charge >= 0.3 is 5.97 Å². The van der Waals surface area contributed by atoms with E-state index >= 15 is 0 Å². The Kier molecular flexibility index (Phi) is 5.48. The minimum absolute atomic E-state index is 0. The van der Waals surface area contributed by atoms with Gasteiger partial charge in [0.1, 0.15) is 0 Å². The molecule has 1 aromatic carbocycles. The molecule has 2 fully saturated rings. The molecule has 0 bridgehead atoms. The number of aliphatic hydroxyl groups is 1. The Labute approximate surface area is 183 Å². The first kappa shape index (κ1) is 20.2. The van der Waals surface area contributed by atoms with Gasteiger partial charge in [0.15, 0.2) is 0 Å². The molecule has 2 aliphatic heterocycles. The highest BCUT2D eigenvalue weighted by Crippen LogP contribution is 2.49. The number of hydrogen-bond donors (Lipinski definition) is 1. The number of halogens is 1. The number of esters is 1. The van der Waals surface area contributed by atoms with Crippen molar-refractivity contribution in [1.82, 2.24) is 9.47 Å². The molecule has 5 unspecified atom stereocenters. The summed E-state index contributed by atoms with van der Waals surface area (Å²) in [5, 5.41) is 11.9. The molecule has 6 heteroatoms. The maximum atomic E-state index is 12.4. The van der Waals surface area contributed by atoms with Gasteiger partial charge in [0.25, 0.3) is 0 Å². The van der Waals surface area contributed by atoms with Crippen molar-refractivity contribution in [2.75, 3.05) is 20.2 Å². The number of benzene rings is 1. The van der Waals surface area contributed by atoms with E-state index in [1.54, 1.807) is 0 Å². The molecule has 1 aliphatic carbocycles. The van der Waals surface area contributed by atoms with Gasteiger partial charge in [0, 0.05) is 36.7 Å². The first-order valence-electron chi connectivity index (χ1n) is 10.2. The second kappa shape index (κ2) is 7.61. The van der Waals surface area contributed by atoms with Crippen LogP contribution in [0, 0.1) is 17.8 Å². The number of rotatable bonds is 1. The molecular formula is C22H29IN2O3. The van der Waals surface area contributed by atoms with Gasteiger partial charge in [-0.15, -0.1) is 24.0 Å². The van der Waals surface area contributed by atoms with Crippen LogP contribution in [0.1, 0.15) is 36.6 Å². The number of carbonyl (C=O) groups is 1. The number of para-hydroxylation sites is 1. The van der Waals surface area contributed by atoms with Crippen LogP contribution in [0.5, 0.6) is 0 Å². The average Bonchev–Trinajstić information content (AvgIpc) is 2.99. The minimum Gasteiger partial charge on any atom is -0.469 e. The van der Waals surface area contributed by atoms with E-state index in [2.05, 4.69) is 40.8 Å². The van der Waals surface area contributed by atoms with Crippen LogP contribution >= 0.6 is 24.0 Å². The summed E-state index contributed by atoms with van der Waals surface area (Å²) in [5.74, 6) is 0.0612. The van der Waals surface area contributed by atoms with E-state index in [9.17, 15) is 9.90 Å². The Balaban J connectivity index is 0.00000192. The third kappa shape index (κ3) is 2.91. The van der Waals surface area contributed by atoms with Gasteiger partial charge in [-0.1, -0.05) is 18.2 Å². The molecule has 1 N–H and O–H groups in total. The summed E-state index contributed by atoms with van der Waals surface area (Å²) in [6, 6.07) is 8.98.